The first-order valence-corrected chi connectivity index (χ1v) is 11.0. The zero-order valence-corrected chi connectivity index (χ0v) is 18.7. The summed E-state index contributed by atoms with van der Waals surface area (Å²) in [6, 6.07) is 13.2. The van der Waals surface area contributed by atoms with E-state index in [0.29, 0.717) is 29.4 Å². The van der Waals surface area contributed by atoms with Crippen LogP contribution in [0.25, 0.3) is 0 Å². The highest BCUT2D eigenvalue weighted by atomic mass is 35.5. The maximum atomic E-state index is 12.1. The molecule has 0 unspecified atom stereocenters. The van der Waals surface area contributed by atoms with Gasteiger partial charge in [-0.15, -0.1) is 0 Å². The van der Waals surface area contributed by atoms with Gasteiger partial charge in [0.15, 0.2) is 0 Å². The Morgan fingerprint density at radius 1 is 1.10 bits per heavy atom. The highest BCUT2D eigenvalue weighted by Crippen LogP contribution is 2.28. The Labute approximate surface area is 188 Å². The van der Waals surface area contributed by atoms with Crippen LogP contribution in [0.5, 0.6) is 11.5 Å². The number of amides is 1. The minimum atomic E-state index is 0.0793. The molecule has 1 saturated heterocycles. The van der Waals surface area contributed by atoms with Crippen LogP contribution in [0, 0.1) is 0 Å². The number of methoxy groups -OCH3 is 1. The SMILES string of the molecule is COc1cccc(CCC(=O)NCCN2CCC(Oc3ccc(Cl)c(Cl)c3)CC2)c1. The molecule has 0 spiro atoms. The summed E-state index contributed by atoms with van der Waals surface area (Å²) in [5.41, 5.74) is 1.11. The third-order valence-electron chi connectivity index (χ3n) is 5.25. The van der Waals surface area contributed by atoms with Gasteiger partial charge in [-0.05, 0) is 49.1 Å². The first-order chi connectivity index (χ1) is 14.5. The van der Waals surface area contributed by atoms with Crippen LogP contribution in [0.4, 0.5) is 0 Å². The summed E-state index contributed by atoms with van der Waals surface area (Å²) >= 11 is 12.0. The van der Waals surface area contributed by atoms with Gasteiger partial charge in [-0.3, -0.25) is 4.79 Å². The molecule has 1 heterocycles. The van der Waals surface area contributed by atoms with Crippen LogP contribution < -0.4 is 14.8 Å². The number of carbonyl (C=O) groups excluding carboxylic acids is 1. The molecule has 1 aliphatic heterocycles. The lowest BCUT2D eigenvalue weighted by molar-refractivity contribution is -0.121. The van der Waals surface area contributed by atoms with E-state index in [9.17, 15) is 4.79 Å². The lowest BCUT2D eigenvalue weighted by Crippen LogP contribution is -2.42. The van der Waals surface area contributed by atoms with Gasteiger partial charge in [-0.1, -0.05) is 35.3 Å². The van der Waals surface area contributed by atoms with E-state index in [-0.39, 0.29) is 12.0 Å². The molecular weight excluding hydrogens is 423 g/mol. The summed E-state index contributed by atoms with van der Waals surface area (Å²) in [7, 11) is 1.65. The molecule has 162 valence electrons. The fourth-order valence-electron chi connectivity index (χ4n) is 3.52. The highest BCUT2D eigenvalue weighted by molar-refractivity contribution is 6.42. The Morgan fingerprint density at radius 3 is 2.63 bits per heavy atom. The summed E-state index contributed by atoms with van der Waals surface area (Å²) in [6.07, 6.45) is 3.26. The number of benzene rings is 2. The number of halogens is 2. The van der Waals surface area contributed by atoms with E-state index < -0.39 is 0 Å². The van der Waals surface area contributed by atoms with E-state index >= 15 is 0 Å². The Bertz CT molecular complexity index is 839. The van der Waals surface area contributed by atoms with Crippen molar-refractivity contribution in [3.05, 3.63) is 58.1 Å². The molecule has 1 amide bonds. The number of likely N-dealkylation sites (tertiary alicyclic amines) is 1. The van der Waals surface area contributed by atoms with Crippen LogP contribution in [0.3, 0.4) is 0 Å². The minimum Gasteiger partial charge on any atom is -0.497 e. The number of ether oxygens (including phenoxy) is 2. The van der Waals surface area contributed by atoms with Gasteiger partial charge >= 0.3 is 0 Å². The second kappa shape index (κ2) is 11.4. The Balaban J connectivity index is 1.30. The number of carbonyl (C=O) groups is 1. The van der Waals surface area contributed by atoms with E-state index in [2.05, 4.69) is 10.2 Å². The first kappa shape index (κ1) is 22.7. The molecule has 2 aromatic rings. The van der Waals surface area contributed by atoms with Crippen molar-refractivity contribution in [2.75, 3.05) is 33.3 Å². The fourth-order valence-corrected chi connectivity index (χ4v) is 3.81. The smallest absolute Gasteiger partial charge is 0.220 e. The molecule has 7 heteroatoms. The van der Waals surface area contributed by atoms with Gasteiger partial charge in [0.25, 0.3) is 0 Å². The maximum absolute atomic E-state index is 12.1. The van der Waals surface area contributed by atoms with Gasteiger partial charge in [-0.2, -0.15) is 0 Å². The molecule has 0 saturated carbocycles. The van der Waals surface area contributed by atoms with Gasteiger partial charge in [0, 0.05) is 38.7 Å². The van der Waals surface area contributed by atoms with E-state index in [1.807, 2.05) is 30.3 Å². The molecule has 0 aromatic heterocycles. The molecule has 0 radical (unpaired) electrons. The van der Waals surface area contributed by atoms with Crippen molar-refractivity contribution in [1.29, 1.82) is 0 Å². The molecule has 0 aliphatic carbocycles. The third-order valence-corrected chi connectivity index (χ3v) is 5.99. The van der Waals surface area contributed by atoms with Crippen molar-refractivity contribution >= 4 is 29.1 Å². The van der Waals surface area contributed by atoms with E-state index in [1.165, 1.54) is 0 Å². The molecular formula is C23H28Cl2N2O3. The summed E-state index contributed by atoms with van der Waals surface area (Å²) < 4.78 is 11.2. The average molecular weight is 451 g/mol. The summed E-state index contributed by atoms with van der Waals surface area (Å²) in [5.74, 6) is 1.65. The number of aryl methyl sites for hydroxylation is 1. The van der Waals surface area contributed by atoms with Crippen molar-refractivity contribution in [2.45, 2.75) is 31.8 Å². The van der Waals surface area contributed by atoms with Crippen molar-refractivity contribution in [3.8, 4) is 11.5 Å². The normalized spacial score (nSPS) is 15.0. The average Bonchev–Trinajstić information content (AvgIpc) is 2.76. The molecule has 3 rings (SSSR count). The second-order valence-corrected chi connectivity index (χ2v) is 8.25. The maximum Gasteiger partial charge on any atom is 0.220 e. The first-order valence-electron chi connectivity index (χ1n) is 10.3. The Morgan fingerprint density at radius 2 is 1.90 bits per heavy atom. The van der Waals surface area contributed by atoms with E-state index in [1.54, 1.807) is 19.2 Å². The molecule has 1 fully saturated rings. The summed E-state index contributed by atoms with van der Waals surface area (Å²) in [6.45, 7) is 3.41. The molecule has 1 aliphatic rings. The lowest BCUT2D eigenvalue weighted by atomic mass is 10.1. The molecule has 0 bridgehead atoms. The zero-order chi connectivity index (χ0) is 21.3. The van der Waals surface area contributed by atoms with Crippen molar-refractivity contribution in [2.24, 2.45) is 0 Å². The monoisotopic (exact) mass is 450 g/mol. The third kappa shape index (κ3) is 7.08. The predicted molar refractivity (Wildman–Crippen MR) is 121 cm³/mol. The predicted octanol–water partition coefficient (Wildman–Crippen LogP) is 4.59. The summed E-state index contributed by atoms with van der Waals surface area (Å²) in [5, 5.41) is 4.06. The van der Waals surface area contributed by atoms with Crippen LogP contribution in [0.15, 0.2) is 42.5 Å². The van der Waals surface area contributed by atoms with Gasteiger partial charge in [0.1, 0.15) is 17.6 Å². The number of hydrogen-bond acceptors (Lipinski definition) is 4. The number of hydrogen-bond donors (Lipinski definition) is 1. The van der Waals surface area contributed by atoms with E-state index in [0.717, 1.165) is 49.5 Å². The van der Waals surface area contributed by atoms with Crippen LogP contribution in [0.1, 0.15) is 24.8 Å². The number of rotatable bonds is 9. The van der Waals surface area contributed by atoms with Crippen molar-refractivity contribution in [3.63, 3.8) is 0 Å². The largest absolute Gasteiger partial charge is 0.497 e. The lowest BCUT2D eigenvalue weighted by Gasteiger charge is -2.32. The van der Waals surface area contributed by atoms with Crippen LogP contribution in [0.2, 0.25) is 10.0 Å². The molecule has 1 N–H and O–H groups in total. The van der Waals surface area contributed by atoms with Crippen molar-refractivity contribution < 1.29 is 14.3 Å². The second-order valence-electron chi connectivity index (χ2n) is 7.44. The Hall–Kier alpha value is -1.95. The quantitative estimate of drug-likeness (QED) is 0.606. The van der Waals surface area contributed by atoms with Crippen molar-refractivity contribution in [1.82, 2.24) is 10.2 Å². The zero-order valence-electron chi connectivity index (χ0n) is 17.2. The number of nitrogens with one attached hydrogen (secondary N) is 1. The van der Waals surface area contributed by atoms with Gasteiger partial charge in [0.05, 0.1) is 17.2 Å². The number of piperidine rings is 1. The molecule has 0 atom stereocenters. The minimum absolute atomic E-state index is 0.0793. The van der Waals surface area contributed by atoms with Gasteiger partial charge < -0.3 is 19.7 Å². The molecule has 30 heavy (non-hydrogen) atoms. The highest BCUT2D eigenvalue weighted by Gasteiger charge is 2.20. The van der Waals surface area contributed by atoms with Gasteiger partial charge in [0.2, 0.25) is 5.91 Å². The van der Waals surface area contributed by atoms with Gasteiger partial charge in [-0.25, -0.2) is 0 Å². The van der Waals surface area contributed by atoms with Crippen LogP contribution in [-0.2, 0) is 11.2 Å². The molecule has 2 aromatic carbocycles. The Kier molecular flexibility index (Phi) is 8.67. The summed E-state index contributed by atoms with van der Waals surface area (Å²) in [4.78, 5) is 14.5. The standard InChI is InChI=1S/C23H28Cl2N2O3/c1-29-19-4-2-3-17(15-19)5-8-23(28)26-11-14-27-12-9-18(10-13-27)30-20-6-7-21(24)22(25)16-20/h2-4,6-7,15-16,18H,5,8-14H2,1H3,(H,26,28). The number of nitrogens with zero attached hydrogens (tertiary/aromatic N) is 1. The topological polar surface area (TPSA) is 50.8 Å². The fraction of sp³-hybridized carbons (Fsp3) is 0.435. The van der Waals surface area contributed by atoms with E-state index in [4.69, 9.17) is 32.7 Å². The molecule has 5 nitrogen and oxygen atoms in total. The van der Waals surface area contributed by atoms with Crippen LogP contribution >= 0.6 is 23.2 Å². The van der Waals surface area contributed by atoms with Crippen LogP contribution in [-0.4, -0.2) is 50.2 Å².